The monoisotopic (exact) mass is 306 g/mol. The van der Waals surface area contributed by atoms with Gasteiger partial charge in [-0.3, -0.25) is 0 Å². The third-order valence-electron chi connectivity index (χ3n) is 2.27. The van der Waals surface area contributed by atoms with Gasteiger partial charge in [-0.05, 0) is 29.0 Å². The third kappa shape index (κ3) is 2.39. The minimum absolute atomic E-state index is 0.248. The molecule has 0 saturated carbocycles. The van der Waals surface area contributed by atoms with E-state index in [1.165, 1.54) is 16.8 Å². The number of aromatic nitrogens is 4. The van der Waals surface area contributed by atoms with Crippen LogP contribution in [0.15, 0.2) is 16.9 Å². The first-order chi connectivity index (χ1) is 8.54. The zero-order valence-electron chi connectivity index (χ0n) is 9.40. The van der Waals surface area contributed by atoms with Gasteiger partial charge in [0.1, 0.15) is 5.69 Å². The number of rotatable bonds is 3. The molecule has 0 radical (unpaired) electrons. The Bertz CT molecular complexity index is 611. The Kier molecular flexibility index (Phi) is 3.94. The van der Waals surface area contributed by atoms with E-state index in [2.05, 4.69) is 10.4 Å². The molecule has 5 nitrogen and oxygen atoms in total. The highest BCUT2D eigenvalue weighted by molar-refractivity contribution is 6.40. The molecule has 0 fully saturated rings. The summed E-state index contributed by atoms with van der Waals surface area (Å²) in [7, 11) is 0. The lowest BCUT2D eigenvalue weighted by Crippen LogP contribution is -2.24. The lowest BCUT2D eigenvalue weighted by atomic mass is 10.3. The Hall–Kier alpha value is -1.04. The third-order valence-corrected chi connectivity index (χ3v) is 3.06. The summed E-state index contributed by atoms with van der Waals surface area (Å²) in [5, 5.41) is 8.40. The maximum absolute atomic E-state index is 12.0. The van der Waals surface area contributed by atoms with E-state index >= 15 is 0 Å². The molecule has 0 aliphatic heterocycles. The largest absolute Gasteiger partial charge is 0.368 e. The molecular weight excluding hydrogens is 298 g/mol. The molecule has 0 amide bonds. The maximum Gasteiger partial charge on any atom is 0.368 e. The van der Waals surface area contributed by atoms with Crippen molar-refractivity contribution in [1.29, 1.82) is 0 Å². The molecule has 0 unspecified atom stereocenters. The topological polar surface area (TPSA) is 52.7 Å². The molecule has 1 heterocycles. The number of benzene rings is 1. The summed E-state index contributed by atoms with van der Waals surface area (Å²) < 4.78 is 2.32. The van der Waals surface area contributed by atoms with Crippen LogP contribution in [0.1, 0.15) is 13.3 Å². The fourth-order valence-electron chi connectivity index (χ4n) is 1.50. The minimum Gasteiger partial charge on any atom is -0.244 e. The van der Waals surface area contributed by atoms with Crippen LogP contribution in [-0.2, 0) is 6.54 Å². The highest BCUT2D eigenvalue weighted by Crippen LogP contribution is 2.30. The highest BCUT2D eigenvalue weighted by Gasteiger charge is 2.15. The fraction of sp³-hybridized carbons (Fsp3) is 0.300. The summed E-state index contributed by atoms with van der Waals surface area (Å²) in [5.41, 5.74) is -0.0990. The van der Waals surface area contributed by atoms with E-state index < -0.39 is 0 Å². The molecule has 1 aromatic carbocycles. The van der Waals surface area contributed by atoms with E-state index in [-0.39, 0.29) is 21.4 Å². The molecule has 8 heteroatoms. The van der Waals surface area contributed by atoms with E-state index in [1.807, 2.05) is 6.92 Å². The molecule has 18 heavy (non-hydrogen) atoms. The second kappa shape index (κ2) is 5.30. The van der Waals surface area contributed by atoms with Crippen molar-refractivity contribution in [3.8, 4) is 5.69 Å². The molecule has 1 aromatic heterocycles. The number of hydrogen-bond donors (Lipinski definition) is 0. The Morgan fingerprint density at radius 1 is 1.17 bits per heavy atom. The molecule has 2 rings (SSSR count). The molecule has 0 bridgehead atoms. The van der Waals surface area contributed by atoms with Gasteiger partial charge in [-0.15, -0.1) is 0 Å². The van der Waals surface area contributed by atoms with Crippen molar-refractivity contribution >= 4 is 34.8 Å². The summed E-state index contributed by atoms with van der Waals surface area (Å²) in [6, 6.07) is 2.99. The van der Waals surface area contributed by atoms with Crippen molar-refractivity contribution in [3.63, 3.8) is 0 Å². The van der Waals surface area contributed by atoms with Crippen LogP contribution in [0.2, 0.25) is 15.1 Å². The van der Waals surface area contributed by atoms with Crippen molar-refractivity contribution < 1.29 is 0 Å². The SMILES string of the molecule is CCCn1nnn(-c2c(Cl)cc(Cl)cc2Cl)c1=O. The second-order valence-corrected chi connectivity index (χ2v) is 4.87. The summed E-state index contributed by atoms with van der Waals surface area (Å²) in [6.45, 7) is 2.43. The predicted octanol–water partition coefficient (Wildman–Crippen LogP) is 2.80. The van der Waals surface area contributed by atoms with Crippen LogP contribution in [0.25, 0.3) is 5.69 Å². The first kappa shape index (κ1) is 13.4. The summed E-state index contributed by atoms with van der Waals surface area (Å²) in [4.78, 5) is 12.0. The molecule has 0 spiro atoms. The van der Waals surface area contributed by atoms with Gasteiger partial charge in [0.15, 0.2) is 0 Å². The first-order valence-corrected chi connectivity index (χ1v) is 6.35. The van der Waals surface area contributed by atoms with Gasteiger partial charge in [0.25, 0.3) is 0 Å². The molecule has 0 N–H and O–H groups in total. The number of halogens is 3. The van der Waals surface area contributed by atoms with E-state index in [1.54, 1.807) is 0 Å². The van der Waals surface area contributed by atoms with Crippen molar-refractivity contribution in [2.75, 3.05) is 0 Å². The van der Waals surface area contributed by atoms with Gasteiger partial charge in [0.05, 0.1) is 10.0 Å². The smallest absolute Gasteiger partial charge is 0.244 e. The van der Waals surface area contributed by atoms with E-state index in [0.717, 1.165) is 11.1 Å². The summed E-state index contributed by atoms with van der Waals surface area (Å²) in [5.74, 6) is 0. The van der Waals surface area contributed by atoms with Gasteiger partial charge in [0.2, 0.25) is 0 Å². The Morgan fingerprint density at radius 3 is 2.33 bits per heavy atom. The van der Waals surface area contributed by atoms with Crippen LogP contribution in [0.3, 0.4) is 0 Å². The molecule has 0 aliphatic rings. The number of hydrogen-bond acceptors (Lipinski definition) is 3. The van der Waals surface area contributed by atoms with Crippen LogP contribution < -0.4 is 5.69 Å². The van der Waals surface area contributed by atoms with Crippen molar-refractivity contribution in [1.82, 2.24) is 19.8 Å². The summed E-state index contributed by atoms with van der Waals surface area (Å²) >= 11 is 17.9. The molecule has 0 atom stereocenters. The average molecular weight is 308 g/mol. The Morgan fingerprint density at radius 2 is 1.78 bits per heavy atom. The molecule has 0 saturated heterocycles. The average Bonchev–Trinajstić information content (AvgIpc) is 2.61. The Balaban J connectivity index is 2.60. The van der Waals surface area contributed by atoms with Crippen molar-refractivity contribution in [3.05, 3.63) is 37.7 Å². The number of nitrogens with zero attached hydrogens (tertiary/aromatic N) is 4. The molecule has 0 aliphatic carbocycles. The van der Waals surface area contributed by atoms with Crippen molar-refractivity contribution in [2.24, 2.45) is 0 Å². The van der Waals surface area contributed by atoms with Crippen LogP contribution in [-0.4, -0.2) is 19.8 Å². The van der Waals surface area contributed by atoms with Gasteiger partial charge in [-0.25, -0.2) is 4.79 Å². The van der Waals surface area contributed by atoms with Gasteiger partial charge in [0, 0.05) is 11.6 Å². The van der Waals surface area contributed by atoms with Crippen LogP contribution in [0.4, 0.5) is 0 Å². The quantitative estimate of drug-likeness (QED) is 0.876. The second-order valence-electron chi connectivity index (χ2n) is 3.61. The molecule has 2 aromatic rings. The molecular formula is C10H9Cl3N4O. The zero-order valence-corrected chi connectivity index (χ0v) is 11.7. The van der Waals surface area contributed by atoms with E-state index in [0.29, 0.717) is 11.6 Å². The number of aryl methyl sites for hydroxylation is 1. The lowest BCUT2D eigenvalue weighted by Gasteiger charge is -2.05. The first-order valence-electron chi connectivity index (χ1n) is 5.22. The van der Waals surface area contributed by atoms with Gasteiger partial charge < -0.3 is 0 Å². The van der Waals surface area contributed by atoms with Gasteiger partial charge >= 0.3 is 5.69 Å². The van der Waals surface area contributed by atoms with Gasteiger partial charge in [-0.2, -0.15) is 9.36 Å². The lowest BCUT2D eigenvalue weighted by molar-refractivity contribution is 0.564. The minimum atomic E-state index is -0.386. The number of tetrazole rings is 1. The highest BCUT2D eigenvalue weighted by atomic mass is 35.5. The normalized spacial score (nSPS) is 10.9. The zero-order chi connectivity index (χ0) is 13.3. The fourth-order valence-corrected chi connectivity index (χ4v) is 2.48. The predicted molar refractivity (Wildman–Crippen MR) is 70.9 cm³/mol. The van der Waals surface area contributed by atoms with Crippen LogP contribution in [0, 0.1) is 0 Å². The van der Waals surface area contributed by atoms with Crippen LogP contribution >= 0.6 is 34.8 Å². The van der Waals surface area contributed by atoms with Gasteiger partial charge in [-0.1, -0.05) is 41.7 Å². The standard InChI is InChI=1S/C10H9Cl3N4O/c1-2-3-16-10(18)17(15-14-16)9-7(12)4-6(11)5-8(9)13/h4-5H,2-3H2,1H3. The van der Waals surface area contributed by atoms with Crippen LogP contribution in [0.5, 0.6) is 0 Å². The summed E-state index contributed by atoms with van der Waals surface area (Å²) in [6.07, 6.45) is 0.778. The van der Waals surface area contributed by atoms with E-state index in [9.17, 15) is 4.79 Å². The van der Waals surface area contributed by atoms with E-state index in [4.69, 9.17) is 34.8 Å². The Labute approximate surface area is 118 Å². The molecule has 96 valence electrons. The maximum atomic E-state index is 12.0. The van der Waals surface area contributed by atoms with Crippen molar-refractivity contribution in [2.45, 2.75) is 19.9 Å².